The van der Waals surface area contributed by atoms with Crippen LogP contribution in [0.25, 0.3) is 0 Å². The van der Waals surface area contributed by atoms with Crippen LogP contribution in [-0.4, -0.2) is 55.5 Å². The lowest BCUT2D eigenvalue weighted by molar-refractivity contribution is -0.211. The Labute approximate surface area is 232 Å². The number of rotatable bonds is 10. The number of carbonyl (C=O) groups is 2. The fraction of sp³-hybridized carbons (Fsp3) is 0.483. The highest BCUT2D eigenvalue weighted by Crippen LogP contribution is 2.34. The Balaban J connectivity index is 1.75. The molecule has 11 heteroatoms. The number of nitrogens with zero attached hydrogens (tertiary/aromatic N) is 3. The predicted molar refractivity (Wildman–Crippen MR) is 142 cm³/mol. The summed E-state index contributed by atoms with van der Waals surface area (Å²) in [6.45, 7) is 7.68. The monoisotopic (exact) mass is 561 g/mol. The number of halogens is 3. The average molecular weight is 562 g/mol. The minimum atomic E-state index is -4.49. The molecule has 1 heterocycles. The van der Waals surface area contributed by atoms with Gasteiger partial charge in [0.05, 0.1) is 23.2 Å². The van der Waals surface area contributed by atoms with Gasteiger partial charge in [-0.2, -0.15) is 18.4 Å². The van der Waals surface area contributed by atoms with Gasteiger partial charge in [0.15, 0.2) is 18.1 Å². The molecule has 0 N–H and O–H groups in total. The van der Waals surface area contributed by atoms with Crippen molar-refractivity contribution in [3.8, 4) is 17.6 Å². The minimum Gasteiger partial charge on any atom is -0.488 e. The van der Waals surface area contributed by atoms with Crippen LogP contribution in [0.15, 0.2) is 36.4 Å². The van der Waals surface area contributed by atoms with E-state index in [0.717, 1.165) is 11.1 Å². The standard InChI is InChI=1S/C29H34F3N3O5/c1-19(14-21-15-22-10-11-34(20(2)36)26(22)23(16-21)17-33)35(40-27(37)28(3,4)5)12-13-38-24-8-6-7-9-25(24)39-18-29(30,31)32/h6-9,15-16,19H,10-14,18H2,1-5H3. The van der Waals surface area contributed by atoms with Crippen molar-refractivity contribution in [2.45, 2.75) is 59.7 Å². The predicted octanol–water partition coefficient (Wildman–Crippen LogP) is 5.22. The number of nitriles is 1. The van der Waals surface area contributed by atoms with Crippen LogP contribution in [0.5, 0.6) is 11.5 Å². The molecule has 0 fully saturated rings. The lowest BCUT2D eigenvalue weighted by Gasteiger charge is -2.30. The largest absolute Gasteiger partial charge is 0.488 e. The Morgan fingerprint density at radius 2 is 1.77 bits per heavy atom. The molecule has 1 unspecified atom stereocenters. The van der Waals surface area contributed by atoms with Gasteiger partial charge in [-0.25, -0.2) is 4.79 Å². The first kappa shape index (κ1) is 30.8. The van der Waals surface area contributed by atoms with E-state index >= 15 is 0 Å². The third-order valence-corrected chi connectivity index (χ3v) is 6.27. The molecule has 0 radical (unpaired) electrons. The maximum absolute atomic E-state index is 12.7. The molecule has 0 saturated heterocycles. The molecule has 216 valence electrons. The molecule has 1 atom stereocenters. The van der Waals surface area contributed by atoms with Crippen LogP contribution < -0.4 is 14.4 Å². The second kappa shape index (κ2) is 12.6. The van der Waals surface area contributed by atoms with E-state index < -0.39 is 24.2 Å². The van der Waals surface area contributed by atoms with E-state index in [-0.39, 0.29) is 36.6 Å². The van der Waals surface area contributed by atoms with E-state index in [4.69, 9.17) is 14.3 Å². The highest BCUT2D eigenvalue weighted by Gasteiger charge is 2.31. The summed E-state index contributed by atoms with van der Waals surface area (Å²) in [5, 5.41) is 11.2. The van der Waals surface area contributed by atoms with Crippen molar-refractivity contribution >= 4 is 17.6 Å². The van der Waals surface area contributed by atoms with Crippen LogP contribution in [0.2, 0.25) is 0 Å². The van der Waals surface area contributed by atoms with Crippen molar-refractivity contribution < 1.29 is 37.1 Å². The molecule has 8 nitrogen and oxygen atoms in total. The summed E-state index contributed by atoms with van der Waals surface area (Å²) in [7, 11) is 0. The van der Waals surface area contributed by atoms with Gasteiger partial charge in [-0.3, -0.25) is 4.79 Å². The number of anilines is 1. The molecule has 2 aromatic rings. The molecule has 0 aromatic heterocycles. The third kappa shape index (κ3) is 8.11. The Kier molecular flexibility index (Phi) is 9.69. The fourth-order valence-corrected chi connectivity index (χ4v) is 4.27. The Bertz CT molecular complexity index is 1270. The second-order valence-electron chi connectivity index (χ2n) is 10.7. The van der Waals surface area contributed by atoms with Gasteiger partial charge < -0.3 is 19.2 Å². The van der Waals surface area contributed by atoms with Crippen LogP contribution in [0.4, 0.5) is 18.9 Å². The summed E-state index contributed by atoms with van der Waals surface area (Å²) in [6.07, 6.45) is -3.43. The third-order valence-electron chi connectivity index (χ3n) is 6.27. The zero-order valence-corrected chi connectivity index (χ0v) is 23.3. The number of amides is 1. The van der Waals surface area contributed by atoms with Crippen molar-refractivity contribution in [3.63, 3.8) is 0 Å². The van der Waals surface area contributed by atoms with E-state index in [2.05, 4.69) is 6.07 Å². The van der Waals surface area contributed by atoms with Crippen molar-refractivity contribution in [3.05, 3.63) is 53.1 Å². The lowest BCUT2D eigenvalue weighted by atomic mass is 9.97. The minimum absolute atomic E-state index is 0.00460. The quantitative estimate of drug-likeness (QED) is 0.367. The van der Waals surface area contributed by atoms with Crippen LogP contribution in [-0.2, 0) is 27.3 Å². The van der Waals surface area contributed by atoms with Crippen molar-refractivity contribution in [2.75, 3.05) is 31.2 Å². The molecular formula is C29H34F3N3O5. The van der Waals surface area contributed by atoms with E-state index in [9.17, 15) is 28.0 Å². The zero-order chi connectivity index (χ0) is 29.7. The van der Waals surface area contributed by atoms with Gasteiger partial charge in [-0.05, 0) is 69.9 Å². The fourth-order valence-electron chi connectivity index (χ4n) is 4.27. The molecule has 2 aromatic carbocycles. The van der Waals surface area contributed by atoms with Crippen LogP contribution in [0.1, 0.15) is 51.3 Å². The molecular weight excluding hydrogens is 527 g/mol. The molecule has 1 aliphatic heterocycles. The summed E-state index contributed by atoms with van der Waals surface area (Å²) >= 11 is 0. The number of hydrogen-bond donors (Lipinski definition) is 0. The van der Waals surface area contributed by atoms with Gasteiger partial charge in [-0.1, -0.05) is 18.2 Å². The Morgan fingerprint density at radius 3 is 2.35 bits per heavy atom. The first-order chi connectivity index (χ1) is 18.7. The summed E-state index contributed by atoms with van der Waals surface area (Å²) in [5.74, 6) is -0.499. The maximum atomic E-state index is 12.7. The Morgan fingerprint density at radius 1 is 1.12 bits per heavy atom. The average Bonchev–Trinajstić information content (AvgIpc) is 3.30. The number of ether oxygens (including phenoxy) is 2. The van der Waals surface area contributed by atoms with E-state index in [1.54, 1.807) is 43.9 Å². The van der Waals surface area contributed by atoms with Crippen molar-refractivity contribution in [2.24, 2.45) is 5.41 Å². The van der Waals surface area contributed by atoms with Gasteiger partial charge in [0, 0.05) is 19.5 Å². The van der Waals surface area contributed by atoms with Gasteiger partial charge in [0.25, 0.3) is 0 Å². The summed E-state index contributed by atoms with van der Waals surface area (Å²) in [5.41, 5.74) is 2.02. The molecule has 0 spiro atoms. The number of hydroxylamine groups is 2. The summed E-state index contributed by atoms with van der Waals surface area (Å²) in [4.78, 5) is 32.1. The van der Waals surface area contributed by atoms with Gasteiger partial charge in [-0.15, -0.1) is 5.06 Å². The summed E-state index contributed by atoms with van der Waals surface area (Å²) < 4.78 is 48.5. The SMILES string of the molecule is CC(=O)N1CCc2cc(CC(C)N(CCOc3ccccc3OCC(F)(F)F)OC(=O)C(C)(C)C)cc(C#N)c21. The smallest absolute Gasteiger partial charge is 0.422 e. The first-order valence-electron chi connectivity index (χ1n) is 12.9. The van der Waals surface area contributed by atoms with Crippen LogP contribution >= 0.6 is 0 Å². The Hall–Kier alpha value is -3.78. The molecule has 40 heavy (non-hydrogen) atoms. The van der Waals surface area contributed by atoms with E-state index in [1.807, 2.05) is 13.0 Å². The topological polar surface area (TPSA) is 92.1 Å². The maximum Gasteiger partial charge on any atom is 0.422 e. The molecule has 1 amide bonds. The molecule has 0 bridgehead atoms. The van der Waals surface area contributed by atoms with Gasteiger partial charge >= 0.3 is 12.1 Å². The first-order valence-corrected chi connectivity index (χ1v) is 12.9. The normalized spacial score (nSPS) is 13.9. The van der Waals surface area contributed by atoms with E-state index in [1.165, 1.54) is 24.1 Å². The second-order valence-corrected chi connectivity index (χ2v) is 10.7. The molecule has 3 rings (SSSR count). The molecule has 0 saturated carbocycles. The highest BCUT2D eigenvalue weighted by atomic mass is 19.4. The summed E-state index contributed by atoms with van der Waals surface area (Å²) in [6, 6.07) is 11.6. The molecule has 0 aliphatic carbocycles. The van der Waals surface area contributed by atoms with E-state index in [0.29, 0.717) is 30.6 Å². The number of alkyl halides is 3. The van der Waals surface area contributed by atoms with Gasteiger partial charge in [0.2, 0.25) is 5.91 Å². The number of para-hydroxylation sites is 2. The van der Waals surface area contributed by atoms with Crippen molar-refractivity contribution in [1.29, 1.82) is 5.26 Å². The van der Waals surface area contributed by atoms with Crippen LogP contribution in [0.3, 0.4) is 0 Å². The number of hydrogen-bond acceptors (Lipinski definition) is 7. The van der Waals surface area contributed by atoms with Crippen LogP contribution in [0, 0.1) is 16.7 Å². The van der Waals surface area contributed by atoms with Gasteiger partial charge in [0.1, 0.15) is 12.7 Å². The zero-order valence-electron chi connectivity index (χ0n) is 23.3. The number of carbonyl (C=O) groups excluding carboxylic acids is 2. The molecule has 1 aliphatic rings. The number of fused-ring (bicyclic) bond motifs is 1. The number of benzene rings is 2. The van der Waals surface area contributed by atoms with Crippen molar-refractivity contribution in [1.82, 2.24) is 5.06 Å². The highest BCUT2D eigenvalue weighted by molar-refractivity contribution is 5.95. The lowest BCUT2D eigenvalue weighted by Crippen LogP contribution is -2.42.